The number of alkyl halides is 3. The second kappa shape index (κ2) is 6.80. The number of amides is 1. The van der Waals surface area contributed by atoms with Gasteiger partial charge in [0.05, 0.1) is 6.61 Å². The Kier molecular flexibility index (Phi) is 5.70. The summed E-state index contributed by atoms with van der Waals surface area (Å²) in [4.78, 5) is 11.3. The van der Waals surface area contributed by atoms with Crippen molar-refractivity contribution in [2.45, 2.75) is 19.0 Å². The van der Waals surface area contributed by atoms with Crippen molar-refractivity contribution in [3.8, 4) is 0 Å². The van der Waals surface area contributed by atoms with Gasteiger partial charge in [-0.15, -0.1) is 0 Å². The lowest BCUT2D eigenvalue weighted by Crippen LogP contribution is -2.30. The first-order valence-corrected chi connectivity index (χ1v) is 5.59. The predicted octanol–water partition coefficient (Wildman–Crippen LogP) is 0.681. The summed E-state index contributed by atoms with van der Waals surface area (Å²) in [7, 11) is 0. The third-order valence-electron chi connectivity index (χ3n) is 2.47. The fraction of sp³-hybridized carbons (Fsp3) is 0.900. The number of rotatable bonds is 6. The number of carbonyl (C=O) groups is 1. The molecule has 7 heteroatoms. The van der Waals surface area contributed by atoms with Crippen LogP contribution >= 0.6 is 0 Å². The van der Waals surface area contributed by atoms with Gasteiger partial charge in [-0.2, -0.15) is 13.2 Å². The Balaban J connectivity index is 1.96. The molecule has 17 heavy (non-hydrogen) atoms. The molecular formula is C10H17F3N2O2. The largest absolute Gasteiger partial charge is 0.411 e. The molecule has 1 aliphatic heterocycles. The third-order valence-corrected chi connectivity index (χ3v) is 2.47. The van der Waals surface area contributed by atoms with Crippen LogP contribution in [0.4, 0.5) is 13.2 Å². The number of ether oxygens (including phenoxy) is 1. The zero-order chi connectivity index (χ0) is 12.7. The normalized spacial score (nSPS) is 20.5. The molecule has 1 fully saturated rings. The predicted molar refractivity (Wildman–Crippen MR) is 55.5 cm³/mol. The van der Waals surface area contributed by atoms with Crippen molar-refractivity contribution in [3.05, 3.63) is 0 Å². The first-order valence-electron chi connectivity index (χ1n) is 5.59. The Hall–Kier alpha value is -0.820. The third kappa shape index (κ3) is 7.17. The van der Waals surface area contributed by atoms with Crippen molar-refractivity contribution in [2.24, 2.45) is 5.92 Å². The van der Waals surface area contributed by atoms with E-state index in [0.29, 0.717) is 12.3 Å². The summed E-state index contributed by atoms with van der Waals surface area (Å²) in [5.41, 5.74) is 0. The average molecular weight is 254 g/mol. The van der Waals surface area contributed by atoms with Crippen molar-refractivity contribution in [1.29, 1.82) is 0 Å². The maximum absolute atomic E-state index is 11.7. The summed E-state index contributed by atoms with van der Waals surface area (Å²) in [6.45, 7) is 0.489. The minimum absolute atomic E-state index is 0.117. The van der Waals surface area contributed by atoms with E-state index in [9.17, 15) is 18.0 Å². The van der Waals surface area contributed by atoms with E-state index in [1.807, 2.05) is 0 Å². The fourth-order valence-electron chi connectivity index (χ4n) is 1.67. The highest BCUT2D eigenvalue weighted by molar-refractivity contribution is 5.76. The fourth-order valence-corrected chi connectivity index (χ4v) is 1.67. The van der Waals surface area contributed by atoms with Crippen LogP contribution in [0.1, 0.15) is 12.8 Å². The Bertz CT molecular complexity index is 240. The van der Waals surface area contributed by atoms with Crippen LogP contribution in [0.15, 0.2) is 0 Å². The van der Waals surface area contributed by atoms with Crippen LogP contribution in [0.2, 0.25) is 0 Å². The van der Waals surface area contributed by atoms with Gasteiger partial charge in [0.15, 0.2) is 0 Å². The van der Waals surface area contributed by atoms with Crippen LogP contribution in [0.25, 0.3) is 0 Å². The molecule has 0 bridgehead atoms. The molecule has 1 heterocycles. The summed E-state index contributed by atoms with van der Waals surface area (Å²) in [6.07, 6.45) is -2.91. The van der Waals surface area contributed by atoms with Gasteiger partial charge in [0, 0.05) is 13.0 Å². The highest BCUT2D eigenvalue weighted by Crippen LogP contribution is 2.14. The Morgan fingerprint density at radius 1 is 1.47 bits per heavy atom. The molecule has 1 saturated heterocycles. The molecule has 4 nitrogen and oxygen atoms in total. The summed E-state index contributed by atoms with van der Waals surface area (Å²) in [5, 5.41) is 5.68. The van der Waals surface area contributed by atoms with Gasteiger partial charge in [-0.3, -0.25) is 4.79 Å². The molecular weight excluding hydrogens is 237 g/mol. The molecule has 1 atom stereocenters. The van der Waals surface area contributed by atoms with Crippen LogP contribution in [0.3, 0.4) is 0 Å². The minimum Gasteiger partial charge on any atom is -0.370 e. The first-order chi connectivity index (χ1) is 7.97. The molecule has 0 saturated carbocycles. The van der Waals surface area contributed by atoms with Crippen LogP contribution in [-0.2, 0) is 9.53 Å². The maximum Gasteiger partial charge on any atom is 0.411 e. The van der Waals surface area contributed by atoms with E-state index >= 15 is 0 Å². The van der Waals surface area contributed by atoms with Crippen LogP contribution < -0.4 is 10.6 Å². The quantitative estimate of drug-likeness (QED) is 0.685. The smallest absolute Gasteiger partial charge is 0.370 e. The van der Waals surface area contributed by atoms with Gasteiger partial charge < -0.3 is 15.4 Å². The molecule has 1 aliphatic rings. The van der Waals surface area contributed by atoms with E-state index in [1.54, 1.807) is 0 Å². The lowest BCUT2D eigenvalue weighted by atomic mass is 10.0. The molecule has 0 aromatic rings. The van der Waals surface area contributed by atoms with Gasteiger partial charge in [0.25, 0.3) is 0 Å². The summed E-state index contributed by atoms with van der Waals surface area (Å²) in [5.74, 6) is 0.209. The van der Waals surface area contributed by atoms with E-state index in [2.05, 4.69) is 15.4 Å². The van der Waals surface area contributed by atoms with Gasteiger partial charge in [-0.1, -0.05) is 0 Å². The number of carbonyl (C=O) groups excluding carboxylic acids is 1. The molecule has 1 unspecified atom stereocenters. The lowest BCUT2D eigenvalue weighted by molar-refractivity contribution is -0.173. The molecule has 100 valence electrons. The van der Waals surface area contributed by atoms with E-state index in [-0.39, 0.29) is 19.1 Å². The second-order valence-corrected chi connectivity index (χ2v) is 4.08. The van der Waals surface area contributed by atoms with Gasteiger partial charge in [0.2, 0.25) is 5.91 Å². The molecule has 1 rings (SSSR count). The van der Waals surface area contributed by atoms with Crippen LogP contribution in [0, 0.1) is 5.92 Å². The molecule has 0 radical (unpaired) electrons. The zero-order valence-corrected chi connectivity index (χ0v) is 9.48. The zero-order valence-electron chi connectivity index (χ0n) is 9.48. The number of hydrogen-bond donors (Lipinski definition) is 2. The topological polar surface area (TPSA) is 50.4 Å². The molecule has 0 aromatic carbocycles. The van der Waals surface area contributed by atoms with E-state index in [1.165, 1.54) is 0 Å². The number of nitrogens with one attached hydrogen (secondary N) is 2. The number of halogens is 3. The van der Waals surface area contributed by atoms with Crippen molar-refractivity contribution >= 4 is 5.91 Å². The Morgan fingerprint density at radius 2 is 2.24 bits per heavy atom. The average Bonchev–Trinajstić information content (AvgIpc) is 2.68. The van der Waals surface area contributed by atoms with Crippen molar-refractivity contribution in [3.63, 3.8) is 0 Å². The molecule has 0 aromatic heterocycles. The summed E-state index contributed by atoms with van der Waals surface area (Å²) >= 11 is 0. The maximum atomic E-state index is 11.7. The summed E-state index contributed by atoms with van der Waals surface area (Å²) < 4.78 is 39.4. The van der Waals surface area contributed by atoms with Crippen molar-refractivity contribution in [1.82, 2.24) is 10.6 Å². The summed E-state index contributed by atoms with van der Waals surface area (Å²) in [6, 6.07) is 0. The molecule has 0 aliphatic carbocycles. The first kappa shape index (κ1) is 14.2. The van der Waals surface area contributed by atoms with Gasteiger partial charge in [-0.05, 0) is 25.4 Å². The van der Waals surface area contributed by atoms with E-state index in [4.69, 9.17) is 0 Å². The number of hydrogen-bond acceptors (Lipinski definition) is 3. The molecule has 2 N–H and O–H groups in total. The Morgan fingerprint density at radius 3 is 2.82 bits per heavy atom. The minimum atomic E-state index is -4.31. The molecule has 0 spiro atoms. The highest BCUT2D eigenvalue weighted by atomic mass is 19.4. The van der Waals surface area contributed by atoms with Gasteiger partial charge >= 0.3 is 6.18 Å². The Labute approximate surface area is 97.9 Å². The lowest BCUT2D eigenvalue weighted by Gasteiger charge is -2.10. The van der Waals surface area contributed by atoms with Crippen LogP contribution in [0.5, 0.6) is 0 Å². The second-order valence-electron chi connectivity index (χ2n) is 4.08. The van der Waals surface area contributed by atoms with Gasteiger partial charge in [-0.25, -0.2) is 0 Å². The van der Waals surface area contributed by atoms with E-state index < -0.39 is 12.8 Å². The molecule has 1 amide bonds. The standard InChI is InChI=1S/C10H17F3N2O2/c11-10(12,13)7-17-4-3-15-9(16)5-8-1-2-14-6-8/h8,14H,1-7H2,(H,15,16). The van der Waals surface area contributed by atoms with Gasteiger partial charge in [0.1, 0.15) is 6.61 Å². The monoisotopic (exact) mass is 254 g/mol. The highest BCUT2D eigenvalue weighted by Gasteiger charge is 2.27. The van der Waals surface area contributed by atoms with E-state index in [0.717, 1.165) is 19.5 Å². The van der Waals surface area contributed by atoms with Crippen molar-refractivity contribution < 1.29 is 22.7 Å². The van der Waals surface area contributed by atoms with Crippen LogP contribution in [-0.4, -0.2) is 44.9 Å². The SMILES string of the molecule is O=C(CC1CCNC1)NCCOCC(F)(F)F. The van der Waals surface area contributed by atoms with Crippen molar-refractivity contribution in [2.75, 3.05) is 32.8 Å².